The van der Waals surface area contributed by atoms with Crippen LogP contribution in [0.2, 0.25) is 0 Å². The summed E-state index contributed by atoms with van der Waals surface area (Å²) < 4.78 is 1.68. The van der Waals surface area contributed by atoms with Crippen molar-refractivity contribution in [3.8, 4) is 0 Å². The summed E-state index contributed by atoms with van der Waals surface area (Å²) in [6.45, 7) is 1.49. The van der Waals surface area contributed by atoms with E-state index in [0.29, 0.717) is 11.3 Å². The summed E-state index contributed by atoms with van der Waals surface area (Å²) in [4.78, 5) is 49.7. The summed E-state index contributed by atoms with van der Waals surface area (Å²) in [6, 6.07) is 13.8. The van der Waals surface area contributed by atoms with Crippen molar-refractivity contribution >= 4 is 46.4 Å². The number of hydrogen-bond donors (Lipinski definition) is 3. The molecule has 4 N–H and O–H groups in total. The Balaban J connectivity index is 1.54. The second kappa shape index (κ2) is 8.38. The number of aromatic nitrogens is 1. The highest BCUT2D eigenvalue weighted by Crippen LogP contribution is 2.24. The molecule has 0 radical (unpaired) electrons. The summed E-state index contributed by atoms with van der Waals surface area (Å²) in [5.74, 6) is -1.60. The number of para-hydroxylation sites is 1. The lowest BCUT2D eigenvalue weighted by atomic mass is 10.1. The van der Waals surface area contributed by atoms with E-state index in [2.05, 4.69) is 10.6 Å². The van der Waals surface area contributed by atoms with Gasteiger partial charge in [-0.3, -0.25) is 14.4 Å². The minimum absolute atomic E-state index is 0.0186. The number of imide groups is 1. The van der Waals surface area contributed by atoms with Gasteiger partial charge in [0.2, 0.25) is 11.8 Å². The lowest BCUT2D eigenvalue weighted by molar-refractivity contribution is -0.127. The number of amides is 5. The van der Waals surface area contributed by atoms with Gasteiger partial charge in [0.25, 0.3) is 5.91 Å². The van der Waals surface area contributed by atoms with Crippen molar-refractivity contribution < 1.29 is 19.2 Å². The Morgan fingerprint density at radius 2 is 1.78 bits per heavy atom. The molecule has 2 heterocycles. The zero-order chi connectivity index (χ0) is 22.8. The minimum Gasteiger partial charge on any atom is -0.368 e. The average Bonchev–Trinajstić information content (AvgIpc) is 3.22. The second-order valence-corrected chi connectivity index (χ2v) is 7.49. The molecule has 9 heteroatoms. The molecule has 1 aliphatic rings. The van der Waals surface area contributed by atoms with E-state index in [-0.39, 0.29) is 12.2 Å². The predicted octanol–water partition coefficient (Wildman–Crippen LogP) is 1.97. The van der Waals surface area contributed by atoms with Gasteiger partial charge in [0.1, 0.15) is 18.8 Å². The molecule has 0 unspecified atom stereocenters. The number of nitrogens with two attached hydrogens (primary N) is 1. The Hall–Kier alpha value is -4.40. The molecule has 2 aromatic carbocycles. The van der Waals surface area contributed by atoms with Gasteiger partial charge in [0.15, 0.2) is 0 Å². The summed E-state index contributed by atoms with van der Waals surface area (Å²) in [5.41, 5.74) is 8.39. The number of nitrogens with zero attached hydrogens (tertiary/aromatic N) is 2. The van der Waals surface area contributed by atoms with Crippen LogP contribution in [0.15, 0.2) is 60.4 Å². The van der Waals surface area contributed by atoms with Crippen molar-refractivity contribution in [3.63, 3.8) is 0 Å². The van der Waals surface area contributed by atoms with Crippen LogP contribution >= 0.6 is 0 Å². The fraction of sp³-hybridized carbons (Fsp3) is 0.130. The van der Waals surface area contributed by atoms with E-state index in [1.54, 1.807) is 22.9 Å². The molecule has 1 fully saturated rings. The van der Waals surface area contributed by atoms with Gasteiger partial charge in [0, 0.05) is 28.4 Å². The molecular weight excluding hydrogens is 410 g/mol. The standard InChI is InChI=1S/C23H21N5O4/c1-14-6-8-16(9-7-14)25-21(30)13-28-22(31)18(26-23(28)32)10-15-11-27(12-20(24)29)19-5-3-2-4-17(15)19/h2-11H,12-13H2,1H3,(H2,24,29)(H,25,30)(H,26,32). The first-order valence-corrected chi connectivity index (χ1v) is 9.89. The number of anilines is 1. The quantitative estimate of drug-likeness (QED) is 0.407. The van der Waals surface area contributed by atoms with Crippen LogP contribution in [0.3, 0.4) is 0 Å². The molecule has 0 saturated carbocycles. The number of carbonyl (C=O) groups is 4. The Kier molecular flexibility index (Phi) is 5.46. The molecule has 4 rings (SSSR count). The molecule has 1 aliphatic heterocycles. The van der Waals surface area contributed by atoms with Crippen LogP contribution in [0.5, 0.6) is 0 Å². The summed E-state index contributed by atoms with van der Waals surface area (Å²) in [6.07, 6.45) is 3.21. The van der Waals surface area contributed by atoms with Crippen LogP contribution < -0.4 is 16.4 Å². The first kappa shape index (κ1) is 20.9. The number of aryl methyl sites for hydroxylation is 1. The van der Waals surface area contributed by atoms with Gasteiger partial charge in [-0.2, -0.15) is 0 Å². The summed E-state index contributed by atoms with van der Waals surface area (Å²) in [7, 11) is 0. The number of primary amides is 1. The fourth-order valence-corrected chi connectivity index (χ4v) is 3.54. The van der Waals surface area contributed by atoms with Crippen LogP contribution in [0, 0.1) is 6.92 Å². The third-order valence-corrected chi connectivity index (χ3v) is 5.04. The maximum absolute atomic E-state index is 12.8. The van der Waals surface area contributed by atoms with Gasteiger partial charge in [-0.05, 0) is 31.2 Å². The Morgan fingerprint density at radius 3 is 2.50 bits per heavy atom. The molecule has 0 aliphatic carbocycles. The van der Waals surface area contributed by atoms with E-state index in [1.807, 2.05) is 43.3 Å². The normalized spacial score (nSPS) is 14.8. The SMILES string of the molecule is Cc1ccc(NC(=O)CN2C(=O)NC(=Cc3cn(CC(N)=O)c4ccccc34)C2=O)cc1. The third kappa shape index (κ3) is 4.22. The van der Waals surface area contributed by atoms with E-state index >= 15 is 0 Å². The van der Waals surface area contributed by atoms with Crippen molar-refractivity contribution in [2.24, 2.45) is 5.73 Å². The van der Waals surface area contributed by atoms with Crippen molar-refractivity contribution in [1.82, 2.24) is 14.8 Å². The number of fused-ring (bicyclic) bond motifs is 1. The molecule has 0 atom stereocenters. The Labute approximate surface area is 183 Å². The monoisotopic (exact) mass is 431 g/mol. The molecule has 3 aromatic rings. The fourth-order valence-electron chi connectivity index (χ4n) is 3.54. The Morgan fingerprint density at radius 1 is 1.06 bits per heavy atom. The number of urea groups is 1. The van der Waals surface area contributed by atoms with E-state index in [1.165, 1.54) is 6.08 Å². The van der Waals surface area contributed by atoms with Crippen LogP contribution in [0.4, 0.5) is 10.5 Å². The van der Waals surface area contributed by atoms with Crippen molar-refractivity contribution in [2.45, 2.75) is 13.5 Å². The van der Waals surface area contributed by atoms with Crippen molar-refractivity contribution in [2.75, 3.05) is 11.9 Å². The zero-order valence-corrected chi connectivity index (χ0v) is 17.3. The Bertz CT molecular complexity index is 1270. The highest BCUT2D eigenvalue weighted by molar-refractivity contribution is 6.16. The second-order valence-electron chi connectivity index (χ2n) is 7.49. The highest BCUT2D eigenvalue weighted by atomic mass is 16.2. The predicted molar refractivity (Wildman–Crippen MR) is 119 cm³/mol. The average molecular weight is 431 g/mol. The van der Waals surface area contributed by atoms with Crippen molar-refractivity contribution in [1.29, 1.82) is 0 Å². The van der Waals surface area contributed by atoms with E-state index in [4.69, 9.17) is 5.73 Å². The number of benzene rings is 2. The number of carbonyl (C=O) groups excluding carboxylic acids is 4. The van der Waals surface area contributed by atoms with Crippen LogP contribution in [-0.4, -0.2) is 39.8 Å². The van der Waals surface area contributed by atoms with Gasteiger partial charge >= 0.3 is 6.03 Å². The molecule has 0 spiro atoms. The smallest absolute Gasteiger partial charge is 0.329 e. The van der Waals surface area contributed by atoms with Gasteiger partial charge in [-0.15, -0.1) is 0 Å². The van der Waals surface area contributed by atoms with Crippen LogP contribution in [0.25, 0.3) is 17.0 Å². The minimum atomic E-state index is -0.679. The summed E-state index contributed by atoms with van der Waals surface area (Å²) in [5, 5.41) is 5.97. The highest BCUT2D eigenvalue weighted by Gasteiger charge is 2.35. The first-order chi connectivity index (χ1) is 15.3. The first-order valence-electron chi connectivity index (χ1n) is 9.89. The number of hydrogen-bond acceptors (Lipinski definition) is 4. The molecule has 9 nitrogen and oxygen atoms in total. The zero-order valence-electron chi connectivity index (χ0n) is 17.3. The molecule has 32 heavy (non-hydrogen) atoms. The van der Waals surface area contributed by atoms with Gasteiger partial charge in [-0.25, -0.2) is 9.69 Å². The molecule has 0 bridgehead atoms. The van der Waals surface area contributed by atoms with Gasteiger partial charge in [0.05, 0.1) is 0 Å². The maximum Gasteiger partial charge on any atom is 0.329 e. The molecule has 1 aromatic heterocycles. The largest absolute Gasteiger partial charge is 0.368 e. The number of rotatable bonds is 6. The molecular formula is C23H21N5O4. The summed E-state index contributed by atoms with van der Waals surface area (Å²) >= 11 is 0. The van der Waals surface area contributed by atoms with E-state index in [0.717, 1.165) is 21.4 Å². The van der Waals surface area contributed by atoms with Gasteiger partial charge in [-0.1, -0.05) is 35.9 Å². The van der Waals surface area contributed by atoms with Crippen LogP contribution in [0.1, 0.15) is 11.1 Å². The lowest BCUT2D eigenvalue weighted by Gasteiger charge is -2.12. The third-order valence-electron chi connectivity index (χ3n) is 5.04. The molecule has 5 amide bonds. The number of nitrogens with one attached hydrogen (secondary N) is 2. The van der Waals surface area contributed by atoms with Crippen molar-refractivity contribution in [3.05, 3.63) is 71.6 Å². The lowest BCUT2D eigenvalue weighted by Crippen LogP contribution is -2.38. The topological polar surface area (TPSA) is 127 Å². The molecule has 1 saturated heterocycles. The van der Waals surface area contributed by atoms with Gasteiger partial charge < -0.3 is 20.9 Å². The van der Waals surface area contributed by atoms with E-state index in [9.17, 15) is 19.2 Å². The van der Waals surface area contributed by atoms with E-state index < -0.39 is 30.3 Å². The maximum atomic E-state index is 12.8. The van der Waals surface area contributed by atoms with Crippen LogP contribution in [-0.2, 0) is 20.9 Å². The molecule has 162 valence electrons.